The molecular weight excluding hydrogens is 288 g/mol. The standard InChI is InChI=1S/C18H32N4O/c1-21-16-3-2-4-17(21)10-14(9-16)20-18(23)19-11-13-7-8-22(12-13)15-5-6-15/h13-17H,2-12H2,1H3,(H2,19,20,23). The van der Waals surface area contributed by atoms with Crippen molar-refractivity contribution < 1.29 is 4.79 Å². The lowest BCUT2D eigenvalue weighted by Crippen LogP contribution is -2.56. The molecule has 5 heteroatoms. The molecule has 5 nitrogen and oxygen atoms in total. The number of likely N-dealkylation sites (tertiary alicyclic amines) is 1. The van der Waals surface area contributed by atoms with Gasteiger partial charge in [-0.1, -0.05) is 6.42 Å². The van der Waals surface area contributed by atoms with E-state index in [1.54, 1.807) is 0 Å². The second-order valence-corrected chi connectivity index (χ2v) is 8.31. The van der Waals surface area contributed by atoms with Crippen LogP contribution in [0.4, 0.5) is 4.79 Å². The Bertz CT molecular complexity index is 425. The van der Waals surface area contributed by atoms with Gasteiger partial charge in [0.25, 0.3) is 0 Å². The Morgan fingerprint density at radius 2 is 1.78 bits per heavy atom. The van der Waals surface area contributed by atoms with Gasteiger partial charge in [0, 0.05) is 37.3 Å². The number of nitrogens with one attached hydrogen (secondary N) is 2. The third kappa shape index (κ3) is 3.66. The molecule has 23 heavy (non-hydrogen) atoms. The maximum Gasteiger partial charge on any atom is 0.315 e. The number of hydrogen-bond acceptors (Lipinski definition) is 3. The minimum Gasteiger partial charge on any atom is -0.338 e. The predicted molar refractivity (Wildman–Crippen MR) is 91.4 cm³/mol. The number of carbonyl (C=O) groups excluding carboxylic acids is 1. The van der Waals surface area contributed by atoms with Crippen molar-refractivity contribution in [2.24, 2.45) is 5.92 Å². The fourth-order valence-corrected chi connectivity index (χ4v) is 5.01. The van der Waals surface area contributed by atoms with Gasteiger partial charge in [-0.2, -0.15) is 0 Å². The Labute approximate surface area is 140 Å². The number of hydrogen-bond donors (Lipinski definition) is 2. The molecular formula is C18H32N4O. The van der Waals surface area contributed by atoms with Crippen LogP contribution in [-0.2, 0) is 0 Å². The summed E-state index contributed by atoms with van der Waals surface area (Å²) in [6.07, 6.45) is 10.2. The highest BCUT2D eigenvalue weighted by Gasteiger charge is 2.37. The molecule has 3 saturated heterocycles. The molecule has 2 bridgehead atoms. The summed E-state index contributed by atoms with van der Waals surface area (Å²) in [5.41, 5.74) is 0. The first-order valence-electron chi connectivity index (χ1n) is 9.69. The minimum atomic E-state index is 0.0579. The van der Waals surface area contributed by atoms with Gasteiger partial charge in [-0.05, 0) is 64.5 Å². The summed E-state index contributed by atoms with van der Waals surface area (Å²) in [7, 11) is 2.26. The van der Waals surface area contributed by atoms with Crippen molar-refractivity contribution in [1.82, 2.24) is 20.4 Å². The zero-order valence-corrected chi connectivity index (χ0v) is 14.5. The van der Waals surface area contributed by atoms with Crippen molar-refractivity contribution in [2.75, 3.05) is 26.7 Å². The lowest BCUT2D eigenvalue weighted by molar-refractivity contribution is 0.0509. The fraction of sp³-hybridized carbons (Fsp3) is 0.944. The summed E-state index contributed by atoms with van der Waals surface area (Å²) in [6.45, 7) is 3.26. The highest BCUT2D eigenvalue weighted by atomic mass is 16.2. The van der Waals surface area contributed by atoms with Crippen LogP contribution < -0.4 is 10.6 Å². The average molecular weight is 320 g/mol. The first-order chi connectivity index (χ1) is 11.2. The molecule has 130 valence electrons. The van der Waals surface area contributed by atoms with E-state index in [4.69, 9.17) is 0 Å². The van der Waals surface area contributed by atoms with Crippen LogP contribution in [0.1, 0.15) is 51.4 Å². The Morgan fingerprint density at radius 3 is 2.48 bits per heavy atom. The third-order valence-corrected chi connectivity index (χ3v) is 6.61. The van der Waals surface area contributed by atoms with Crippen LogP contribution in [0.2, 0.25) is 0 Å². The van der Waals surface area contributed by atoms with Gasteiger partial charge in [0.05, 0.1) is 0 Å². The normalized spacial score (nSPS) is 38.5. The van der Waals surface area contributed by atoms with E-state index in [9.17, 15) is 4.79 Å². The molecule has 0 aromatic carbocycles. The fourth-order valence-electron chi connectivity index (χ4n) is 5.01. The number of carbonyl (C=O) groups is 1. The van der Waals surface area contributed by atoms with E-state index >= 15 is 0 Å². The van der Waals surface area contributed by atoms with Gasteiger partial charge in [-0.15, -0.1) is 0 Å². The van der Waals surface area contributed by atoms with Crippen molar-refractivity contribution >= 4 is 6.03 Å². The minimum absolute atomic E-state index is 0.0579. The number of urea groups is 1. The molecule has 3 atom stereocenters. The molecule has 1 aliphatic carbocycles. The number of amides is 2. The third-order valence-electron chi connectivity index (χ3n) is 6.61. The second kappa shape index (κ2) is 6.60. The maximum absolute atomic E-state index is 12.2. The van der Waals surface area contributed by atoms with Gasteiger partial charge in [0.15, 0.2) is 0 Å². The van der Waals surface area contributed by atoms with Gasteiger partial charge in [0.1, 0.15) is 0 Å². The summed E-state index contributed by atoms with van der Waals surface area (Å²) in [5, 5.41) is 6.39. The average Bonchev–Trinajstić information content (AvgIpc) is 3.25. The van der Waals surface area contributed by atoms with Crippen LogP contribution in [0.25, 0.3) is 0 Å². The van der Waals surface area contributed by atoms with E-state index in [-0.39, 0.29) is 6.03 Å². The van der Waals surface area contributed by atoms with Gasteiger partial charge in [-0.3, -0.25) is 0 Å². The van der Waals surface area contributed by atoms with Gasteiger partial charge < -0.3 is 20.4 Å². The molecule has 3 heterocycles. The summed E-state index contributed by atoms with van der Waals surface area (Å²) in [5.74, 6) is 0.651. The number of rotatable bonds is 4. The monoisotopic (exact) mass is 320 g/mol. The molecule has 1 saturated carbocycles. The van der Waals surface area contributed by atoms with Crippen molar-refractivity contribution in [3.63, 3.8) is 0 Å². The second-order valence-electron chi connectivity index (χ2n) is 8.31. The quantitative estimate of drug-likeness (QED) is 0.830. The molecule has 4 aliphatic rings. The highest BCUT2D eigenvalue weighted by molar-refractivity contribution is 5.74. The van der Waals surface area contributed by atoms with Gasteiger partial charge in [0.2, 0.25) is 0 Å². The van der Waals surface area contributed by atoms with E-state index in [1.807, 2.05) is 0 Å². The first-order valence-corrected chi connectivity index (χ1v) is 9.69. The summed E-state index contributed by atoms with van der Waals surface area (Å²) in [4.78, 5) is 17.4. The molecule has 4 rings (SSSR count). The van der Waals surface area contributed by atoms with Crippen LogP contribution in [0, 0.1) is 5.92 Å². The van der Waals surface area contributed by atoms with Gasteiger partial charge in [-0.25, -0.2) is 4.79 Å². The van der Waals surface area contributed by atoms with Crippen molar-refractivity contribution in [3.8, 4) is 0 Å². The summed E-state index contributed by atoms with van der Waals surface area (Å²) >= 11 is 0. The Morgan fingerprint density at radius 1 is 1.04 bits per heavy atom. The molecule has 3 aliphatic heterocycles. The van der Waals surface area contributed by atoms with E-state index in [0.717, 1.165) is 25.4 Å². The summed E-state index contributed by atoms with van der Waals surface area (Å²) in [6, 6.07) is 2.65. The van der Waals surface area contributed by atoms with E-state index in [0.29, 0.717) is 24.0 Å². The Balaban J connectivity index is 1.18. The van der Waals surface area contributed by atoms with Crippen molar-refractivity contribution in [2.45, 2.75) is 75.5 Å². The number of fused-ring (bicyclic) bond motifs is 2. The van der Waals surface area contributed by atoms with Crippen LogP contribution in [0.5, 0.6) is 0 Å². The highest BCUT2D eigenvalue weighted by Crippen LogP contribution is 2.33. The smallest absolute Gasteiger partial charge is 0.315 e. The molecule has 0 aromatic heterocycles. The van der Waals surface area contributed by atoms with Crippen molar-refractivity contribution in [1.29, 1.82) is 0 Å². The molecule has 0 aromatic rings. The lowest BCUT2D eigenvalue weighted by Gasteiger charge is -2.47. The Hall–Kier alpha value is -0.810. The van der Waals surface area contributed by atoms with Crippen LogP contribution in [0.15, 0.2) is 0 Å². The van der Waals surface area contributed by atoms with Crippen LogP contribution in [-0.4, -0.2) is 66.7 Å². The van der Waals surface area contributed by atoms with E-state index in [2.05, 4.69) is 27.5 Å². The summed E-state index contributed by atoms with van der Waals surface area (Å²) < 4.78 is 0. The molecule has 0 radical (unpaired) electrons. The van der Waals surface area contributed by atoms with Crippen molar-refractivity contribution in [3.05, 3.63) is 0 Å². The lowest BCUT2D eigenvalue weighted by atomic mass is 9.82. The zero-order chi connectivity index (χ0) is 15.8. The van der Waals surface area contributed by atoms with Crippen LogP contribution >= 0.6 is 0 Å². The molecule has 2 amide bonds. The van der Waals surface area contributed by atoms with E-state index in [1.165, 1.54) is 51.6 Å². The number of piperidine rings is 2. The molecule has 4 fully saturated rings. The SMILES string of the molecule is CN1C2CCCC1CC(NC(=O)NCC1CCN(C3CC3)C1)C2. The van der Waals surface area contributed by atoms with Crippen LogP contribution in [0.3, 0.4) is 0 Å². The molecule has 3 unspecified atom stereocenters. The van der Waals surface area contributed by atoms with Gasteiger partial charge >= 0.3 is 6.03 Å². The molecule has 2 N–H and O–H groups in total. The predicted octanol–water partition coefficient (Wildman–Crippen LogP) is 1.79. The topological polar surface area (TPSA) is 47.6 Å². The first kappa shape index (κ1) is 15.7. The zero-order valence-electron chi connectivity index (χ0n) is 14.5. The Kier molecular flexibility index (Phi) is 4.50. The van der Waals surface area contributed by atoms with E-state index < -0.39 is 0 Å². The largest absolute Gasteiger partial charge is 0.338 e. The number of nitrogens with zero attached hydrogens (tertiary/aromatic N) is 2. The maximum atomic E-state index is 12.2. The molecule has 0 spiro atoms.